The van der Waals surface area contributed by atoms with E-state index in [0.717, 1.165) is 5.69 Å². The Labute approximate surface area is 72.8 Å². The first kappa shape index (κ1) is 8.94. The van der Waals surface area contributed by atoms with Gasteiger partial charge in [-0.3, -0.25) is 0 Å². The number of hydrogen-bond donors (Lipinski definition) is 1. The lowest BCUT2D eigenvalue weighted by atomic mass is 10.3. The van der Waals surface area contributed by atoms with Crippen molar-refractivity contribution in [3.8, 4) is 0 Å². The quantitative estimate of drug-likeness (QED) is 0.645. The summed E-state index contributed by atoms with van der Waals surface area (Å²) in [4.78, 5) is 0. The highest BCUT2D eigenvalue weighted by molar-refractivity contribution is 5.41. The molecule has 1 heterocycles. The van der Waals surface area contributed by atoms with Crippen molar-refractivity contribution in [2.75, 3.05) is 0 Å². The number of aliphatic hydroxyl groups excluding tert-OH is 1. The summed E-state index contributed by atoms with van der Waals surface area (Å²) in [7, 11) is 1.97. The third-order valence-corrected chi connectivity index (χ3v) is 1.64. The van der Waals surface area contributed by atoms with E-state index in [2.05, 4.69) is 0 Å². The number of rotatable bonds is 2. The van der Waals surface area contributed by atoms with Gasteiger partial charge in [-0.05, 0) is 19.1 Å². The van der Waals surface area contributed by atoms with Crippen LogP contribution in [0.2, 0.25) is 0 Å². The molecular weight excluding hydrogens is 150 g/mol. The van der Waals surface area contributed by atoms with Crippen LogP contribution in [0.15, 0.2) is 30.5 Å². The Bertz CT molecular complexity index is 279. The molecule has 0 fully saturated rings. The highest BCUT2D eigenvalue weighted by Gasteiger charge is 1.98. The van der Waals surface area contributed by atoms with Crippen molar-refractivity contribution in [1.29, 1.82) is 0 Å². The van der Waals surface area contributed by atoms with Crippen LogP contribution in [0.5, 0.6) is 0 Å². The van der Waals surface area contributed by atoms with E-state index in [4.69, 9.17) is 5.11 Å². The number of nitrogens with zero attached hydrogens (tertiary/aromatic N) is 1. The maximum Gasteiger partial charge on any atom is 0.204 e. The lowest BCUT2D eigenvalue weighted by Gasteiger charge is -1.94. The third kappa shape index (κ3) is 2.47. The Morgan fingerprint density at radius 2 is 2.25 bits per heavy atom. The van der Waals surface area contributed by atoms with E-state index < -0.39 is 0 Å². The Hall–Kier alpha value is -1.15. The molecule has 0 radical (unpaired) electrons. The van der Waals surface area contributed by atoms with Gasteiger partial charge in [-0.15, -0.1) is 0 Å². The van der Waals surface area contributed by atoms with Crippen molar-refractivity contribution in [2.24, 2.45) is 7.05 Å². The van der Waals surface area contributed by atoms with Crippen LogP contribution in [0.4, 0.5) is 0 Å². The summed E-state index contributed by atoms with van der Waals surface area (Å²) in [5.74, 6) is 0. The predicted octanol–water partition coefficient (Wildman–Crippen LogP) is 0.905. The summed E-state index contributed by atoms with van der Waals surface area (Å²) in [5, 5.41) is 9.01. The number of hydrogen-bond acceptors (Lipinski definition) is 1. The molecule has 0 spiro atoms. The van der Waals surface area contributed by atoms with Gasteiger partial charge in [0.15, 0.2) is 6.20 Å². The van der Waals surface area contributed by atoms with Gasteiger partial charge in [-0.25, -0.2) is 4.57 Å². The Kier molecular flexibility index (Phi) is 3.00. The number of pyridine rings is 1. The highest BCUT2D eigenvalue weighted by atomic mass is 16.3. The molecule has 1 atom stereocenters. The first-order valence-electron chi connectivity index (χ1n) is 4.01. The van der Waals surface area contributed by atoms with Gasteiger partial charge in [-0.1, -0.05) is 0 Å². The summed E-state index contributed by atoms with van der Waals surface area (Å²) in [6.45, 7) is 1.74. The second-order valence-electron chi connectivity index (χ2n) is 2.84. The molecular formula is C10H14NO+. The second kappa shape index (κ2) is 4.02. The molecule has 2 heteroatoms. The summed E-state index contributed by atoms with van der Waals surface area (Å²) >= 11 is 0. The van der Waals surface area contributed by atoms with Gasteiger partial charge < -0.3 is 5.11 Å². The van der Waals surface area contributed by atoms with Crippen molar-refractivity contribution in [2.45, 2.75) is 13.0 Å². The van der Waals surface area contributed by atoms with Crippen LogP contribution in [-0.4, -0.2) is 11.2 Å². The van der Waals surface area contributed by atoms with Gasteiger partial charge in [-0.2, -0.15) is 0 Å². The number of aromatic nitrogens is 1. The SMILES string of the molecule is C[C@@H](O)C=Cc1cccc[n+]1C. The maximum absolute atomic E-state index is 9.01. The van der Waals surface area contributed by atoms with Gasteiger partial charge in [0.05, 0.1) is 6.10 Å². The zero-order valence-electron chi connectivity index (χ0n) is 7.44. The minimum absolute atomic E-state index is 0.384. The molecule has 0 unspecified atom stereocenters. The molecule has 2 nitrogen and oxygen atoms in total. The predicted molar refractivity (Wildman–Crippen MR) is 48.3 cm³/mol. The van der Waals surface area contributed by atoms with Gasteiger partial charge in [0.1, 0.15) is 7.05 Å². The average molecular weight is 164 g/mol. The third-order valence-electron chi connectivity index (χ3n) is 1.64. The van der Waals surface area contributed by atoms with Crippen molar-refractivity contribution >= 4 is 6.08 Å². The number of aliphatic hydroxyl groups is 1. The van der Waals surface area contributed by atoms with Crippen LogP contribution in [0.25, 0.3) is 6.08 Å². The molecule has 0 aromatic carbocycles. The summed E-state index contributed by atoms with van der Waals surface area (Å²) in [6, 6.07) is 5.94. The van der Waals surface area contributed by atoms with E-state index in [1.807, 2.05) is 42.1 Å². The van der Waals surface area contributed by atoms with Crippen LogP contribution in [-0.2, 0) is 7.05 Å². The zero-order valence-corrected chi connectivity index (χ0v) is 7.44. The Balaban J connectivity index is 2.82. The standard InChI is InChI=1S/C10H14NO/c1-9(12)6-7-10-5-3-4-8-11(10)2/h3-9,12H,1-2H3/q+1/t9-/m1/s1. The van der Waals surface area contributed by atoms with Gasteiger partial charge in [0, 0.05) is 18.2 Å². The van der Waals surface area contributed by atoms with E-state index in [0.29, 0.717) is 0 Å². The molecule has 1 rings (SSSR count). The molecule has 0 aliphatic heterocycles. The van der Waals surface area contributed by atoms with Crippen LogP contribution < -0.4 is 4.57 Å². The second-order valence-corrected chi connectivity index (χ2v) is 2.84. The molecule has 0 aliphatic carbocycles. The topological polar surface area (TPSA) is 24.1 Å². The summed E-state index contributed by atoms with van der Waals surface area (Å²) < 4.78 is 2.00. The fourth-order valence-corrected chi connectivity index (χ4v) is 0.948. The molecule has 64 valence electrons. The van der Waals surface area contributed by atoms with Crippen molar-refractivity contribution < 1.29 is 9.67 Å². The van der Waals surface area contributed by atoms with Gasteiger partial charge in [0.25, 0.3) is 0 Å². The molecule has 0 saturated carbocycles. The lowest BCUT2D eigenvalue weighted by Crippen LogP contribution is -2.30. The van der Waals surface area contributed by atoms with E-state index in [1.54, 1.807) is 13.0 Å². The van der Waals surface area contributed by atoms with E-state index in [9.17, 15) is 0 Å². The molecule has 0 aliphatic rings. The smallest absolute Gasteiger partial charge is 0.204 e. The maximum atomic E-state index is 9.01. The molecule has 1 N–H and O–H groups in total. The minimum atomic E-state index is -0.384. The summed E-state index contributed by atoms with van der Waals surface area (Å²) in [5.41, 5.74) is 1.08. The van der Waals surface area contributed by atoms with Crippen molar-refractivity contribution in [1.82, 2.24) is 0 Å². The molecule has 0 saturated heterocycles. The highest BCUT2D eigenvalue weighted by Crippen LogP contribution is 1.95. The summed E-state index contributed by atoms with van der Waals surface area (Å²) in [6.07, 6.45) is 5.26. The van der Waals surface area contributed by atoms with E-state index in [-0.39, 0.29) is 6.10 Å². The largest absolute Gasteiger partial charge is 0.389 e. The monoisotopic (exact) mass is 164 g/mol. The normalized spacial score (nSPS) is 13.6. The van der Waals surface area contributed by atoms with Crippen LogP contribution >= 0.6 is 0 Å². The van der Waals surface area contributed by atoms with Crippen LogP contribution in [0.1, 0.15) is 12.6 Å². The van der Waals surface area contributed by atoms with Crippen LogP contribution in [0.3, 0.4) is 0 Å². The van der Waals surface area contributed by atoms with Gasteiger partial charge >= 0.3 is 0 Å². The zero-order chi connectivity index (χ0) is 8.97. The van der Waals surface area contributed by atoms with E-state index in [1.165, 1.54) is 0 Å². The molecule has 0 bridgehead atoms. The minimum Gasteiger partial charge on any atom is -0.389 e. The van der Waals surface area contributed by atoms with Crippen molar-refractivity contribution in [3.05, 3.63) is 36.2 Å². The first-order chi connectivity index (χ1) is 5.70. The fourth-order valence-electron chi connectivity index (χ4n) is 0.948. The van der Waals surface area contributed by atoms with Crippen molar-refractivity contribution in [3.63, 3.8) is 0 Å². The fraction of sp³-hybridized carbons (Fsp3) is 0.300. The molecule has 1 aromatic heterocycles. The first-order valence-corrected chi connectivity index (χ1v) is 4.01. The molecule has 1 aromatic rings. The molecule has 0 amide bonds. The molecule has 12 heavy (non-hydrogen) atoms. The van der Waals surface area contributed by atoms with Crippen LogP contribution in [0, 0.1) is 0 Å². The Morgan fingerprint density at radius 1 is 1.50 bits per heavy atom. The van der Waals surface area contributed by atoms with E-state index >= 15 is 0 Å². The van der Waals surface area contributed by atoms with Gasteiger partial charge in [0.2, 0.25) is 5.69 Å². The average Bonchev–Trinajstić information content (AvgIpc) is 2.03. The lowest BCUT2D eigenvalue weighted by molar-refractivity contribution is -0.673. The number of aryl methyl sites for hydroxylation is 1. The Morgan fingerprint density at radius 3 is 2.83 bits per heavy atom.